The summed E-state index contributed by atoms with van der Waals surface area (Å²) in [7, 11) is 0. The summed E-state index contributed by atoms with van der Waals surface area (Å²) in [6.07, 6.45) is 2.23. The number of aliphatic carboxylic acids is 1. The van der Waals surface area contributed by atoms with Gasteiger partial charge in [0.15, 0.2) is 0 Å². The van der Waals surface area contributed by atoms with Crippen LogP contribution >= 0.6 is 11.8 Å². The largest absolute Gasteiger partial charge is 0.478 e. The van der Waals surface area contributed by atoms with Crippen LogP contribution in [0, 0.1) is 10.7 Å². The van der Waals surface area contributed by atoms with E-state index in [4.69, 9.17) is 10.4 Å². The van der Waals surface area contributed by atoms with Crippen molar-refractivity contribution in [2.24, 2.45) is 0 Å². The first-order valence-electron chi connectivity index (χ1n) is 3.27. The van der Waals surface area contributed by atoms with E-state index in [9.17, 15) is 4.79 Å². The Morgan fingerprint density at radius 1 is 1.64 bits per heavy atom. The SMILES string of the molecule is N#CSC1=C(C(=O)O)CCC1. The minimum Gasteiger partial charge on any atom is -0.478 e. The number of hydrogen-bond acceptors (Lipinski definition) is 3. The molecule has 0 spiro atoms. The molecule has 1 aliphatic carbocycles. The van der Waals surface area contributed by atoms with E-state index in [2.05, 4.69) is 0 Å². The minimum absolute atomic E-state index is 0.427. The van der Waals surface area contributed by atoms with E-state index in [0.29, 0.717) is 12.0 Å². The number of carbonyl (C=O) groups is 1. The molecule has 0 bridgehead atoms. The van der Waals surface area contributed by atoms with Crippen molar-refractivity contribution in [1.29, 1.82) is 5.26 Å². The van der Waals surface area contributed by atoms with Crippen LogP contribution in [0.3, 0.4) is 0 Å². The first kappa shape index (κ1) is 8.15. The molecule has 0 fully saturated rings. The molecule has 0 saturated carbocycles. The molecule has 0 amide bonds. The van der Waals surface area contributed by atoms with Crippen molar-refractivity contribution in [3.8, 4) is 5.40 Å². The highest BCUT2D eigenvalue weighted by Gasteiger charge is 2.20. The Hall–Kier alpha value is -0.950. The molecule has 0 unspecified atom stereocenters. The Kier molecular flexibility index (Phi) is 2.55. The van der Waals surface area contributed by atoms with Crippen molar-refractivity contribution >= 4 is 17.7 Å². The van der Waals surface area contributed by atoms with Crippen LogP contribution in [0.25, 0.3) is 0 Å². The smallest absolute Gasteiger partial charge is 0.332 e. The Balaban J connectivity index is 2.79. The molecule has 4 heteroatoms. The number of thioether (sulfide) groups is 1. The average molecular weight is 169 g/mol. The van der Waals surface area contributed by atoms with Gasteiger partial charge < -0.3 is 5.11 Å². The van der Waals surface area contributed by atoms with Gasteiger partial charge in [-0.25, -0.2) is 4.79 Å². The molecule has 1 aliphatic rings. The van der Waals surface area contributed by atoms with Crippen molar-refractivity contribution < 1.29 is 9.90 Å². The standard InChI is InChI=1S/C7H7NO2S/c8-4-11-6-3-1-2-5(6)7(9)10/h1-3H2,(H,9,10). The van der Waals surface area contributed by atoms with Gasteiger partial charge in [0.05, 0.1) is 0 Å². The molecule has 0 saturated heterocycles. The van der Waals surface area contributed by atoms with Crippen LogP contribution in [-0.4, -0.2) is 11.1 Å². The maximum absolute atomic E-state index is 10.5. The monoisotopic (exact) mass is 169 g/mol. The summed E-state index contributed by atoms with van der Waals surface area (Å²) in [5.41, 5.74) is 0.427. The third-order valence-electron chi connectivity index (χ3n) is 1.59. The molecule has 0 aliphatic heterocycles. The number of carboxylic acids is 1. The molecular formula is C7H7NO2S. The van der Waals surface area contributed by atoms with Gasteiger partial charge in [0, 0.05) is 10.5 Å². The molecule has 11 heavy (non-hydrogen) atoms. The molecule has 0 heterocycles. The Labute approximate surface area is 68.7 Å². The summed E-state index contributed by atoms with van der Waals surface area (Å²) in [4.78, 5) is 11.2. The van der Waals surface area contributed by atoms with Gasteiger partial charge in [-0.3, -0.25) is 0 Å². The lowest BCUT2D eigenvalue weighted by Crippen LogP contribution is -1.98. The van der Waals surface area contributed by atoms with E-state index in [1.54, 1.807) is 0 Å². The van der Waals surface area contributed by atoms with Crippen LogP contribution in [0.5, 0.6) is 0 Å². The molecule has 0 aromatic rings. The molecule has 0 aromatic carbocycles. The Morgan fingerprint density at radius 3 is 2.91 bits per heavy atom. The highest BCUT2D eigenvalue weighted by Crippen LogP contribution is 2.33. The van der Waals surface area contributed by atoms with Gasteiger partial charge in [-0.2, -0.15) is 5.26 Å². The fourth-order valence-corrected chi connectivity index (χ4v) is 1.78. The van der Waals surface area contributed by atoms with Gasteiger partial charge in [0.1, 0.15) is 5.40 Å². The lowest BCUT2D eigenvalue weighted by atomic mass is 10.2. The third kappa shape index (κ3) is 1.75. The number of rotatable bonds is 2. The van der Waals surface area contributed by atoms with E-state index in [0.717, 1.165) is 29.5 Å². The Bertz CT molecular complexity index is 252. The summed E-state index contributed by atoms with van der Waals surface area (Å²) >= 11 is 0.980. The topological polar surface area (TPSA) is 61.1 Å². The van der Waals surface area contributed by atoms with Crippen LogP contribution < -0.4 is 0 Å². The number of carboxylic acid groups (broad SMARTS) is 1. The second kappa shape index (κ2) is 3.44. The number of nitriles is 1. The fraction of sp³-hybridized carbons (Fsp3) is 0.429. The zero-order chi connectivity index (χ0) is 8.27. The van der Waals surface area contributed by atoms with Crippen LogP contribution in [0.15, 0.2) is 10.5 Å². The highest BCUT2D eigenvalue weighted by atomic mass is 32.2. The van der Waals surface area contributed by atoms with Gasteiger partial charge >= 0.3 is 5.97 Å². The summed E-state index contributed by atoms with van der Waals surface area (Å²) in [6, 6.07) is 0. The average Bonchev–Trinajstić information content (AvgIpc) is 2.36. The lowest BCUT2D eigenvalue weighted by Gasteiger charge is -1.94. The molecule has 58 valence electrons. The van der Waals surface area contributed by atoms with E-state index in [1.165, 1.54) is 0 Å². The lowest BCUT2D eigenvalue weighted by molar-refractivity contribution is -0.132. The first-order chi connectivity index (χ1) is 5.25. The number of allylic oxidation sites excluding steroid dienone is 1. The van der Waals surface area contributed by atoms with Gasteiger partial charge in [-0.15, -0.1) is 0 Å². The second-order valence-corrected chi connectivity index (χ2v) is 3.13. The van der Waals surface area contributed by atoms with Gasteiger partial charge in [-0.05, 0) is 31.0 Å². The first-order valence-corrected chi connectivity index (χ1v) is 4.08. The normalized spacial score (nSPS) is 16.6. The summed E-state index contributed by atoms with van der Waals surface area (Å²) in [5, 5.41) is 18.8. The van der Waals surface area contributed by atoms with Crippen molar-refractivity contribution in [3.63, 3.8) is 0 Å². The van der Waals surface area contributed by atoms with Crippen LogP contribution in [-0.2, 0) is 4.79 Å². The maximum atomic E-state index is 10.5. The summed E-state index contributed by atoms with van der Waals surface area (Å²) in [5.74, 6) is -0.875. The van der Waals surface area contributed by atoms with E-state index >= 15 is 0 Å². The van der Waals surface area contributed by atoms with Crippen LogP contribution in [0.2, 0.25) is 0 Å². The molecule has 3 nitrogen and oxygen atoms in total. The molecule has 0 radical (unpaired) electrons. The minimum atomic E-state index is -0.875. The predicted octanol–water partition coefficient (Wildman–Crippen LogP) is 1.72. The third-order valence-corrected chi connectivity index (χ3v) is 2.38. The molecule has 0 aromatic heterocycles. The number of thiocyanates is 1. The van der Waals surface area contributed by atoms with Gasteiger partial charge in [0.25, 0.3) is 0 Å². The van der Waals surface area contributed by atoms with E-state index < -0.39 is 5.97 Å². The van der Waals surface area contributed by atoms with Crippen LogP contribution in [0.1, 0.15) is 19.3 Å². The molecular weight excluding hydrogens is 162 g/mol. The highest BCUT2D eigenvalue weighted by molar-refractivity contribution is 8.07. The fourth-order valence-electron chi connectivity index (χ4n) is 1.11. The predicted molar refractivity (Wildman–Crippen MR) is 41.7 cm³/mol. The van der Waals surface area contributed by atoms with E-state index in [1.807, 2.05) is 5.40 Å². The Morgan fingerprint density at radius 2 is 2.36 bits per heavy atom. The summed E-state index contributed by atoms with van der Waals surface area (Å²) < 4.78 is 0. The van der Waals surface area contributed by atoms with Crippen molar-refractivity contribution in [1.82, 2.24) is 0 Å². The quantitative estimate of drug-likeness (QED) is 0.639. The molecule has 0 atom stereocenters. The maximum Gasteiger partial charge on any atom is 0.332 e. The van der Waals surface area contributed by atoms with Crippen molar-refractivity contribution in [2.45, 2.75) is 19.3 Å². The molecule has 1 N–H and O–H groups in total. The van der Waals surface area contributed by atoms with Crippen molar-refractivity contribution in [3.05, 3.63) is 10.5 Å². The van der Waals surface area contributed by atoms with Gasteiger partial charge in [-0.1, -0.05) is 0 Å². The zero-order valence-electron chi connectivity index (χ0n) is 5.83. The van der Waals surface area contributed by atoms with Gasteiger partial charge in [0.2, 0.25) is 0 Å². The zero-order valence-corrected chi connectivity index (χ0v) is 6.65. The second-order valence-electron chi connectivity index (χ2n) is 2.25. The summed E-state index contributed by atoms with van der Waals surface area (Å²) in [6.45, 7) is 0. The van der Waals surface area contributed by atoms with Crippen molar-refractivity contribution in [2.75, 3.05) is 0 Å². The number of nitrogens with zero attached hydrogens (tertiary/aromatic N) is 1. The van der Waals surface area contributed by atoms with Crippen LogP contribution in [0.4, 0.5) is 0 Å². The number of hydrogen-bond donors (Lipinski definition) is 1. The molecule has 1 rings (SSSR count). The van der Waals surface area contributed by atoms with E-state index in [-0.39, 0.29) is 0 Å².